The molecule has 1 aliphatic heterocycles. The van der Waals surface area contributed by atoms with Crippen molar-refractivity contribution in [3.63, 3.8) is 0 Å². The summed E-state index contributed by atoms with van der Waals surface area (Å²) >= 11 is 17.5. The Labute approximate surface area is 150 Å². The first-order valence-corrected chi connectivity index (χ1v) is 10.8. The van der Waals surface area contributed by atoms with Gasteiger partial charge in [0.15, 0.2) is 5.78 Å². The third kappa shape index (κ3) is 4.41. The van der Waals surface area contributed by atoms with E-state index in [0.29, 0.717) is 0 Å². The molecular weight excluding hydrogens is 408 g/mol. The highest BCUT2D eigenvalue weighted by atomic mass is 35.6. The summed E-state index contributed by atoms with van der Waals surface area (Å²) < 4.78 is 48.2. The molecule has 130 valence electrons. The Morgan fingerprint density at radius 1 is 1.13 bits per heavy atom. The van der Waals surface area contributed by atoms with E-state index in [1.807, 2.05) is 0 Å². The van der Waals surface area contributed by atoms with Gasteiger partial charge in [-0.05, 0) is 26.0 Å². The summed E-state index contributed by atoms with van der Waals surface area (Å²) in [5, 5.41) is 0. The van der Waals surface area contributed by atoms with E-state index >= 15 is 0 Å². The number of hydrogen-bond donors (Lipinski definition) is 1. The molecule has 2 rings (SSSR count). The van der Waals surface area contributed by atoms with Crippen molar-refractivity contribution >= 4 is 52.4 Å². The zero-order chi connectivity index (χ0) is 17.5. The molecule has 3 atom stereocenters. The summed E-state index contributed by atoms with van der Waals surface area (Å²) in [5.41, 5.74) is 0. The van der Waals surface area contributed by atoms with Gasteiger partial charge in [-0.1, -0.05) is 53.0 Å². The first kappa shape index (κ1) is 19.5. The lowest BCUT2D eigenvalue weighted by Gasteiger charge is -2.28. The van der Waals surface area contributed by atoms with Crippen molar-refractivity contribution in [1.29, 1.82) is 0 Å². The highest BCUT2D eigenvalue weighted by Crippen LogP contribution is 2.64. The Kier molecular flexibility index (Phi) is 5.76. The summed E-state index contributed by atoms with van der Waals surface area (Å²) in [4.78, 5) is -0.0638. The van der Waals surface area contributed by atoms with Crippen LogP contribution in [0.25, 0.3) is 0 Å². The van der Waals surface area contributed by atoms with Crippen molar-refractivity contribution in [3.8, 4) is 0 Å². The third-order valence-corrected chi connectivity index (χ3v) is 8.36. The van der Waals surface area contributed by atoms with Gasteiger partial charge < -0.3 is 9.05 Å². The second-order valence-corrected chi connectivity index (χ2v) is 11.1. The van der Waals surface area contributed by atoms with E-state index in [1.165, 1.54) is 24.3 Å². The maximum atomic E-state index is 12.9. The van der Waals surface area contributed by atoms with Crippen molar-refractivity contribution in [2.75, 3.05) is 0 Å². The first-order valence-electron chi connectivity index (χ1n) is 6.56. The minimum atomic E-state index is -4.09. The Bertz CT molecular complexity index is 695. The van der Waals surface area contributed by atoms with Crippen LogP contribution in [0.2, 0.25) is 0 Å². The van der Waals surface area contributed by atoms with E-state index in [0.717, 1.165) is 0 Å². The van der Waals surface area contributed by atoms with Gasteiger partial charge in [0.1, 0.15) is 0 Å². The summed E-state index contributed by atoms with van der Waals surface area (Å²) in [6.45, 7) is 3.26. The average Bonchev–Trinajstić information content (AvgIpc) is 2.70. The summed E-state index contributed by atoms with van der Waals surface area (Å²) in [6.07, 6.45) is -1.06. The van der Waals surface area contributed by atoms with E-state index in [-0.39, 0.29) is 4.90 Å². The van der Waals surface area contributed by atoms with E-state index in [9.17, 15) is 13.0 Å². The maximum Gasteiger partial charge on any atom is 0.353 e. The molecule has 1 saturated heterocycles. The molecule has 6 nitrogen and oxygen atoms in total. The Morgan fingerprint density at radius 3 is 2.04 bits per heavy atom. The van der Waals surface area contributed by atoms with Crippen molar-refractivity contribution in [3.05, 3.63) is 30.3 Å². The third-order valence-electron chi connectivity index (χ3n) is 3.23. The zero-order valence-corrected chi connectivity index (χ0v) is 16.1. The number of benzene rings is 1. The molecule has 1 N–H and O–H groups in total. The number of sulfonamides is 1. The maximum absolute atomic E-state index is 12.9. The van der Waals surface area contributed by atoms with Gasteiger partial charge in [0, 0.05) is 0 Å². The molecule has 0 radical (unpaired) electrons. The molecule has 11 heteroatoms. The molecule has 23 heavy (non-hydrogen) atoms. The smallest absolute Gasteiger partial charge is 0.302 e. The normalized spacial score (nSPS) is 30.3. The summed E-state index contributed by atoms with van der Waals surface area (Å²) in [6, 6.07) is 7.44. The predicted molar refractivity (Wildman–Crippen MR) is 89.5 cm³/mol. The molecule has 0 bridgehead atoms. The molecule has 0 aromatic heterocycles. The zero-order valence-electron chi connectivity index (χ0n) is 12.1. The molecule has 1 aromatic rings. The number of rotatable bonds is 4. The Balaban J connectivity index is 2.37. The fraction of sp³-hybridized carbons (Fsp3) is 0.500. The SMILES string of the molecule is CC1OP(=O)(C(NS(=O)(=O)c2ccccc2)C(Cl)(Cl)Cl)OC1C. The van der Waals surface area contributed by atoms with Crippen LogP contribution in [0.3, 0.4) is 0 Å². The average molecular weight is 423 g/mol. The Hall–Kier alpha value is 0.150. The topological polar surface area (TPSA) is 81.7 Å². The molecule has 0 saturated carbocycles. The molecule has 1 heterocycles. The lowest BCUT2D eigenvalue weighted by Crippen LogP contribution is -2.43. The lowest BCUT2D eigenvalue weighted by atomic mass is 10.3. The van der Waals surface area contributed by atoms with Crippen LogP contribution in [0.4, 0.5) is 0 Å². The van der Waals surface area contributed by atoms with E-state index in [1.54, 1.807) is 19.9 Å². The van der Waals surface area contributed by atoms with Crippen molar-refractivity contribution < 1.29 is 22.0 Å². The van der Waals surface area contributed by atoms with Crippen LogP contribution in [0.15, 0.2) is 35.2 Å². The first-order chi connectivity index (χ1) is 10.5. The molecule has 3 unspecified atom stereocenters. The summed E-state index contributed by atoms with van der Waals surface area (Å²) in [7, 11) is -8.11. The lowest BCUT2D eigenvalue weighted by molar-refractivity contribution is 0.187. The Morgan fingerprint density at radius 2 is 1.61 bits per heavy atom. The van der Waals surface area contributed by atoms with Crippen LogP contribution in [-0.4, -0.2) is 30.2 Å². The molecular formula is C12H15Cl3NO5PS. The molecule has 0 amide bonds. The highest BCUT2D eigenvalue weighted by Gasteiger charge is 2.55. The van der Waals surface area contributed by atoms with Gasteiger partial charge in [0.05, 0.1) is 17.1 Å². The molecule has 0 spiro atoms. The minimum Gasteiger partial charge on any atom is -0.302 e. The van der Waals surface area contributed by atoms with Gasteiger partial charge in [0.25, 0.3) is 0 Å². The monoisotopic (exact) mass is 421 g/mol. The fourth-order valence-electron chi connectivity index (χ4n) is 1.91. The van der Waals surface area contributed by atoms with E-state index in [2.05, 4.69) is 4.72 Å². The number of halogens is 3. The molecule has 0 aliphatic carbocycles. The standard InChI is InChI=1S/C12H15Cl3NO5PS/c1-8-9(2)21-22(17,20-8)11(12(13,14)15)16-23(18,19)10-6-4-3-5-7-10/h3-9,11,16H,1-2H3. The minimum absolute atomic E-state index is 0.0638. The molecule has 1 aliphatic rings. The largest absolute Gasteiger partial charge is 0.353 e. The summed E-state index contributed by atoms with van der Waals surface area (Å²) in [5.74, 6) is -1.68. The number of hydrogen-bond acceptors (Lipinski definition) is 5. The van der Waals surface area contributed by atoms with Crippen LogP contribution in [0.1, 0.15) is 13.8 Å². The quantitative estimate of drug-likeness (QED) is 0.591. The van der Waals surface area contributed by atoms with Crippen LogP contribution in [-0.2, 0) is 23.6 Å². The predicted octanol–water partition coefficient (Wildman–Crippen LogP) is 3.68. The van der Waals surface area contributed by atoms with E-state index in [4.69, 9.17) is 43.9 Å². The second-order valence-electron chi connectivity index (χ2n) is 5.04. The van der Waals surface area contributed by atoms with Crippen molar-refractivity contribution in [2.45, 2.75) is 40.5 Å². The van der Waals surface area contributed by atoms with Gasteiger partial charge in [-0.2, -0.15) is 4.72 Å². The van der Waals surface area contributed by atoms with Gasteiger partial charge >= 0.3 is 7.60 Å². The number of nitrogens with one attached hydrogen (secondary N) is 1. The molecule has 1 fully saturated rings. The van der Waals surface area contributed by atoms with Gasteiger partial charge in [0.2, 0.25) is 13.8 Å². The van der Waals surface area contributed by atoms with Crippen LogP contribution < -0.4 is 4.72 Å². The van der Waals surface area contributed by atoms with Crippen LogP contribution >= 0.6 is 42.4 Å². The highest BCUT2D eigenvalue weighted by molar-refractivity contribution is 7.89. The second kappa shape index (κ2) is 6.81. The van der Waals surface area contributed by atoms with Gasteiger partial charge in [-0.3, -0.25) is 4.57 Å². The number of alkyl halides is 3. The van der Waals surface area contributed by atoms with Gasteiger partial charge in [-0.25, -0.2) is 8.42 Å². The molecule has 1 aromatic carbocycles. The van der Waals surface area contributed by atoms with E-state index < -0.39 is 39.4 Å². The van der Waals surface area contributed by atoms with Crippen molar-refractivity contribution in [1.82, 2.24) is 4.72 Å². The van der Waals surface area contributed by atoms with Crippen LogP contribution in [0, 0.1) is 0 Å². The van der Waals surface area contributed by atoms with Gasteiger partial charge in [-0.15, -0.1) is 0 Å². The van der Waals surface area contributed by atoms with Crippen molar-refractivity contribution in [2.24, 2.45) is 0 Å². The fourth-order valence-corrected chi connectivity index (χ4v) is 7.32. The van der Waals surface area contributed by atoms with Crippen LogP contribution in [0.5, 0.6) is 0 Å².